The lowest BCUT2D eigenvalue weighted by Crippen LogP contribution is -2.06. The second kappa shape index (κ2) is 6.90. The zero-order valence-electron chi connectivity index (χ0n) is 11.4. The van der Waals surface area contributed by atoms with Gasteiger partial charge in [-0.1, -0.05) is 35.9 Å². The summed E-state index contributed by atoms with van der Waals surface area (Å²) < 4.78 is 5.05. The number of benzene rings is 2. The predicted octanol–water partition coefficient (Wildman–Crippen LogP) is 4.36. The first kappa shape index (κ1) is 15.1. The highest BCUT2D eigenvalue weighted by Crippen LogP contribution is 2.20. The fraction of sp³-hybridized carbons (Fsp3) is 0.125. The molecule has 0 radical (unpaired) electrons. The Labute approximate surface area is 127 Å². The van der Waals surface area contributed by atoms with Gasteiger partial charge in [0.15, 0.2) is 12.0 Å². The molecule has 0 aliphatic carbocycles. The van der Waals surface area contributed by atoms with Crippen LogP contribution in [0.5, 0.6) is 0 Å². The number of rotatable bonds is 2. The molecule has 1 N–H and O–H groups in total. The summed E-state index contributed by atoms with van der Waals surface area (Å²) in [5.41, 5.74) is 2.10. The summed E-state index contributed by atoms with van der Waals surface area (Å²) in [4.78, 5) is 14.7. The van der Waals surface area contributed by atoms with Gasteiger partial charge < -0.3 is 9.52 Å². The number of carbonyl (C=O) groups is 1. The highest BCUT2D eigenvalue weighted by Gasteiger charge is 2.14. The van der Waals surface area contributed by atoms with Crippen molar-refractivity contribution < 1.29 is 14.3 Å². The molecule has 1 aromatic heterocycles. The Morgan fingerprint density at radius 3 is 2.52 bits per heavy atom. The Balaban J connectivity index is 0.000000194. The van der Waals surface area contributed by atoms with E-state index >= 15 is 0 Å². The first-order chi connectivity index (χ1) is 10.1. The Morgan fingerprint density at radius 2 is 1.95 bits per heavy atom. The van der Waals surface area contributed by atoms with E-state index < -0.39 is 11.9 Å². The van der Waals surface area contributed by atoms with Crippen molar-refractivity contribution in [2.75, 3.05) is 0 Å². The summed E-state index contributed by atoms with van der Waals surface area (Å²) in [6, 6.07) is 14.7. The second-order valence-electron chi connectivity index (χ2n) is 4.44. The normalized spacial score (nSPS) is 11.5. The smallest absolute Gasteiger partial charge is 0.310 e. The van der Waals surface area contributed by atoms with Crippen LogP contribution in [0.1, 0.15) is 18.4 Å². The van der Waals surface area contributed by atoms with Crippen molar-refractivity contribution in [2.24, 2.45) is 0 Å². The van der Waals surface area contributed by atoms with E-state index in [2.05, 4.69) is 4.98 Å². The van der Waals surface area contributed by atoms with Gasteiger partial charge in [-0.2, -0.15) is 0 Å². The van der Waals surface area contributed by atoms with Crippen molar-refractivity contribution in [2.45, 2.75) is 12.8 Å². The summed E-state index contributed by atoms with van der Waals surface area (Å²) in [5.74, 6) is -1.36. The molecule has 0 saturated heterocycles. The third kappa shape index (κ3) is 4.07. The lowest BCUT2D eigenvalue weighted by atomic mass is 10.0. The fourth-order valence-electron chi connectivity index (χ4n) is 1.70. The highest BCUT2D eigenvalue weighted by molar-refractivity contribution is 6.30. The number of carboxylic acid groups (broad SMARTS) is 1. The van der Waals surface area contributed by atoms with E-state index in [1.54, 1.807) is 25.1 Å². The van der Waals surface area contributed by atoms with Crippen LogP contribution in [0.3, 0.4) is 0 Å². The van der Waals surface area contributed by atoms with Gasteiger partial charge in [0.05, 0.1) is 5.92 Å². The van der Waals surface area contributed by atoms with Crippen LogP contribution < -0.4 is 0 Å². The molecule has 0 fully saturated rings. The summed E-state index contributed by atoms with van der Waals surface area (Å²) in [6.45, 7) is 1.64. The van der Waals surface area contributed by atoms with Gasteiger partial charge in [-0.25, -0.2) is 4.98 Å². The van der Waals surface area contributed by atoms with Crippen molar-refractivity contribution in [3.05, 3.63) is 65.5 Å². The molecule has 3 rings (SSSR count). The number of halogens is 1. The zero-order valence-corrected chi connectivity index (χ0v) is 12.1. The predicted molar refractivity (Wildman–Crippen MR) is 81.5 cm³/mol. The molecule has 5 heteroatoms. The van der Waals surface area contributed by atoms with Crippen LogP contribution in [0.25, 0.3) is 11.1 Å². The van der Waals surface area contributed by atoms with E-state index in [-0.39, 0.29) is 0 Å². The van der Waals surface area contributed by atoms with Gasteiger partial charge in [0.2, 0.25) is 0 Å². The number of aromatic nitrogens is 1. The lowest BCUT2D eigenvalue weighted by Gasteiger charge is -2.04. The van der Waals surface area contributed by atoms with E-state index in [1.165, 1.54) is 6.39 Å². The van der Waals surface area contributed by atoms with E-state index in [0.29, 0.717) is 11.1 Å². The van der Waals surface area contributed by atoms with Crippen molar-refractivity contribution in [3.8, 4) is 0 Å². The molecule has 3 aromatic rings. The van der Waals surface area contributed by atoms with Crippen LogP contribution in [0.4, 0.5) is 0 Å². The Hall–Kier alpha value is -2.33. The average molecular weight is 304 g/mol. The summed E-state index contributed by atoms with van der Waals surface area (Å²) in [6.07, 6.45) is 1.35. The summed E-state index contributed by atoms with van der Waals surface area (Å²) >= 11 is 5.54. The minimum absolute atomic E-state index is 0.518. The standard InChI is InChI=1S/C10H9NO3.C6H5Cl/c1-6(10(12)13)7-2-3-9-8(4-7)11-5-14-9;7-6-4-2-1-3-5-6/h2-6H,1H3,(H,12,13);1-5H. The van der Waals surface area contributed by atoms with Crippen LogP contribution in [-0.2, 0) is 4.79 Å². The maximum Gasteiger partial charge on any atom is 0.310 e. The number of nitrogens with zero attached hydrogens (tertiary/aromatic N) is 1. The molecule has 1 unspecified atom stereocenters. The molecular formula is C16H14ClNO3. The van der Waals surface area contributed by atoms with Gasteiger partial charge in [-0.05, 0) is 36.8 Å². The molecule has 0 amide bonds. The van der Waals surface area contributed by atoms with Gasteiger partial charge in [0, 0.05) is 5.02 Å². The van der Waals surface area contributed by atoms with Crippen molar-refractivity contribution in [1.82, 2.24) is 4.98 Å². The molecule has 108 valence electrons. The molecule has 21 heavy (non-hydrogen) atoms. The molecule has 1 heterocycles. The third-order valence-corrected chi connectivity index (χ3v) is 3.21. The molecule has 0 aliphatic heterocycles. The van der Waals surface area contributed by atoms with E-state index in [4.69, 9.17) is 21.1 Å². The van der Waals surface area contributed by atoms with Crippen LogP contribution in [0, 0.1) is 0 Å². The maximum atomic E-state index is 10.7. The number of aliphatic carboxylic acids is 1. The minimum Gasteiger partial charge on any atom is -0.481 e. The molecule has 0 aliphatic rings. The Morgan fingerprint density at radius 1 is 1.24 bits per heavy atom. The minimum atomic E-state index is -0.840. The molecule has 2 aromatic carbocycles. The third-order valence-electron chi connectivity index (χ3n) is 2.96. The molecular weight excluding hydrogens is 290 g/mol. The average Bonchev–Trinajstić information content (AvgIpc) is 2.95. The quantitative estimate of drug-likeness (QED) is 0.764. The van der Waals surface area contributed by atoms with Gasteiger partial charge in [-0.3, -0.25) is 4.79 Å². The molecule has 0 bridgehead atoms. The van der Waals surface area contributed by atoms with Gasteiger partial charge >= 0.3 is 5.97 Å². The van der Waals surface area contributed by atoms with Gasteiger partial charge in [0.25, 0.3) is 0 Å². The first-order valence-corrected chi connectivity index (χ1v) is 6.72. The second-order valence-corrected chi connectivity index (χ2v) is 4.87. The van der Waals surface area contributed by atoms with Crippen molar-refractivity contribution >= 4 is 28.7 Å². The van der Waals surface area contributed by atoms with Gasteiger partial charge in [0.1, 0.15) is 5.52 Å². The fourth-order valence-corrected chi connectivity index (χ4v) is 1.85. The number of oxazole rings is 1. The first-order valence-electron chi connectivity index (χ1n) is 6.34. The van der Waals surface area contributed by atoms with E-state index in [9.17, 15) is 4.79 Å². The zero-order chi connectivity index (χ0) is 15.2. The van der Waals surface area contributed by atoms with Crippen LogP contribution in [0.15, 0.2) is 59.3 Å². The van der Waals surface area contributed by atoms with Crippen molar-refractivity contribution in [1.29, 1.82) is 0 Å². The number of fused-ring (bicyclic) bond motifs is 1. The maximum absolute atomic E-state index is 10.7. The molecule has 1 atom stereocenters. The van der Waals surface area contributed by atoms with E-state index in [1.807, 2.05) is 30.3 Å². The number of hydrogen-bond donors (Lipinski definition) is 1. The number of hydrogen-bond acceptors (Lipinski definition) is 3. The van der Waals surface area contributed by atoms with Crippen LogP contribution in [-0.4, -0.2) is 16.1 Å². The van der Waals surface area contributed by atoms with Gasteiger partial charge in [-0.15, -0.1) is 0 Å². The Bertz CT molecular complexity index is 724. The van der Waals surface area contributed by atoms with Crippen LogP contribution >= 0.6 is 11.6 Å². The summed E-state index contributed by atoms with van der Waals surface area (Å²) in [5, 5.41) is 9.61. The molecule has 0 spiro atoms. The highest BCUT2D eigenvalue weighted by atomic mass is 35.5. The SMILES string of the molecule is CC(C(=O)O)c1ccc2ocnc2c1.Clc1ccccc1. The Kier molecular flexibility index (Phi) is 4.95. The van der Waals surface area contributed by atoms with Crippen LogP contribution in [0.2, 0.25) is 5.02 Å². The molecule has 0 saturated carbocycles. The summed E-state index contributed by atoms with van der Waals surface area (Å²) in [7, 11) is 0. The largest absolute Gasteiger partial charge is 0.481 e. The molecule has 4 nitrogen and oxygen atoms in total. The lowest BCUT2D eigenvalue weighted by molar-refractivity contribution is -0.138. The topological polar surface area (TPSA) is 63.3 Å². The number of carboxylic acids is 1. The monoisotopic (exact) mass is 303 g/mol. The van der Waals surface area contributed by atoms with E-state index in [0.717, 1.165) is 10.6 Å². The van der Waals surface area contributed by atoms with Crippen molar-refractivity contribution in [3.63, 3.8) is 0 Å².